The molecule has 0 aliphatic heterocycles. The molecule has 0 bridgehead atoms. The maximum Gasteiger partial charge on any atom is 0.326 e. The largest absolute Gasteiger partial charge is 0.484 e. The van der Waals surface area contributed by atoms with Crippen LogP contribution in [0.2, 0.25) is 0 Å². The molecule has 8 nitrogen and oxygen atoms in total. The van der Waals surface area contributed by atoms with Gasteiger partial charge in [-0.2, -0.15) is 0 Å². The lowest BCUT2D eigenvalue weighted by atomic mass is 9.69. The minimum atomic E-state index is -1.40. The fraction of sp³-hybridized carbons (Fsp3) is 0.531. The number of amides is 2. The molecule has 0 aromatic heterocycles. The van der Waals surface area contributed by atoms with Gasteiger partial charge < -0.3 is 26.0 Å². The van der Waals surface area contributed by atoms with Gasteiger partial charge in [0.05, 0.1) is 12.5 Å². The lowest BCUT2D eigenvalue weighted by Gasteiger charge is -2.34. The summed E-state index contributed by atoms with van der Waals surface area (Å²) in [5, 5.41) is 21.9. The molecule has 5 N–H and O–H groups in total. The van der Waals surface area contributed by atoms with Gasteiger partial charge in [0, 0.05) is 5.41 Å². The van der Waals surface area contributed by atoms with E-state index in [9.17, 15) is 24.6 Å². The number of carboxylic acids is 1. The van der Waals surface area contributed by atoms with Crippen molar-refractivity contribution in [3.63, 3.8) is 0 Å². The molecule has 0 aliphatic rings. The summed E-state index contributed by atoms with van der Waals surface area (Å²) in [7, 11) is 0. The van der Waals surface area contributed by atoms with Crippen LogP contribution in [0.4, 0.5) is 0 Å². The summed E-state index contributed by atoms with van der Waals surface area (Å²) < 4.78 is 5.69. The third-order valence-electron chi connectivity index (χ3n) is 7.91. The standard InChI is InChI=1S/C32H46N2O6/c1-8-32(9-2,23-12-10-22(20(3)16-23)11-15-27(35)31(5,6)7)24-13-14-26(21(4)17-24)40-19-29(37)34-25(30(38)39)18-28(33)36/h10,12-14,16-17,25,27,35H,8-9,11,15,18-19H2,1-7H3,(H2,33,36)(H,34,37)(H,38,39)/t25-,27?/m1/s1. The van der Waals surface area contributed by atoms with Gasteiger partial charge in [-0.1, -0.05) is 65.0 Å². The van der Waals surface area contributed by atoms with Crippen molar-refractivity contribution in [1.29, 1.82) is 0 Å². The number of carboxylic acid groups (broad SMARTS) is 1. The molecule has 2 rings (SSSR count). The quantitative estimate of drug-likeness (QED) is 0.270. The average molecular weight is 555 g/mol. The fourth-order valence-electron chi connectivity index (χ4n) is 5.12. The van der Waals surface area contributed by atoms with Crippen LogP contribution in [-0.4, -0.2) is 46.7 Å². The summed E-state index contributed by atoms with van der Waals surface area (Å²) in [6.45, 7) is 14.2. The van der Waals surface area contributed by atoms with E-state index in [1.165, 1.54) is 16.7 Å². The van der Waals surface area contributed by atoms with Crippen molar-refractivity contribution in [3.05, 3.63) is 64.2 Å². The SMILES string of the molecule is CCC(CC)(c1ccc(CCC(O)C(C)(C)C)c(C)c1)c1ccc(OCC(=O)N[C@H](CC(N)=O)C(=O)O)c(C)c1. The van der Waals surface area contributed by atoms with E-state index in [4.69, 9.17) is 10.5 Å². The Labute approximate surface area is 238 Å². The molecular formula is C32H46N2O6. The zero-order valence-electron chi connectivity index (χ0n) is 25.0. The highest BCUT2D eigenvalue weighted by Crippen LogP contribution is 2.41. The highest BCUT2D eigenvalue weighted by Gasteiger charge is 2.32. The first-order valence-corrected chi connectivity index (χ1v) is 14.0. The van der Waals surface area contributed by atoms with E-state index < -0.39 is 30.2 Å². The number of benzene rings is 2. The number of hydrogen-bond donors (Lipinski definition) is 4. The van der Waals surface area contributed by atoms with Gasteiger partial charge in [-0.05, 0) is 78.8 Å². The summed E-state index contributed by atoms with van der Waals surface area (Å²) in [6, 6.07) is 11.2. The molecule has 8 heteroatoms. The van der Waals surface area contributed by atoms with E-state index in [1.807, 2.05) is 19.1 Å². The van der Waals surface area contributed by atoms with Gasteiger partial charge in [0.1, 0.15) is 11.8 Å². The monoisotopic (exact) mass is 554 g/mol. The zero-order valence-corrected chi connectivity index (χ0v) is 25.0. The number of aliphatic hydroxyl groups excluding tert-OH is 1. The van der Waals surface area contributed by atoms with Crippen LogP contribution in [0.3, 0.4) is 0 Å². The van der Waals surface area contributed by atoms with Crippen LogP contribution >= 0.6 is 0 Å². The van der Waals surface area contributed by atoms with Gasteiger partial charge in [-0.15, -0.1) is 0 Å². The summed E-state index contributed by atoms with van der Waals surface area (Å²) in [4.78, 5) is 34.6. The summed E-state index contributed by atoms with van der Waals surface area (Å²) in [5.41, 5.74) is 10.4. The van der Waals surface area contributed by atoms with E-state index in [0.29, 0.717) is 5.75 Å². The molecule has 2 atom stereocenters. The van der Waals surface area contributed by atoms with Crippen LogP contribution in [0, 0.1) is 19.3 Å². The topological polar surface area (TPSA) is 139 Å². The van der Waals surface area contributed by atoms with E-state index in [1.54, 1.807) is 0 Å². The summed E-state index contributed by atoms with van der Waals surface area (Å²) in [6.07, 6.45) is 2.47. The normalized spacial score (nSPS) is 13.4. The predicted octanol–water partition coefficient (Wildman–Crippen LogP) is 4.57. The van der Waals surface area contributed by atoms with Gasteiger partial charge in [-0.25, -0.2) is 4.79 Å². The Bertz CT molecular complexity index is 1200. The van der Waals surface area contributed by atoms with Crippen LogP contribution in [0.5, 0.6) is 5.75 Å². The highest BCUT2D eigenvalue weighted by molar-refractivity contribution is 5.88. The number of aliphatic hydroxyl groups is 1. The summed E-state index contributed by atoms with van der Waals surface area (Å²) in [5.74, 6) is -2.29. The molecule has 2 amide bonds. The van der Waals surface area contributed by atoms with Crippen LogP contribution in [0.15, 0.2) is 36.4 Å². The van der Waals surface area contributed by atoms with Crippen molar-refractivity contribution in [2.24, 2.45) is 11.1 Å². The second-order valence-corrected chi connectivity index (χ2v) is 11.7. The number of nitrogens with two attached hydrogens (primary N) is 1. The minimum absolute atomic E-state index is 0.142. The van der Waals surface area contributed by atoms with E-state index in [2.05, 4.69) is 71.1 Å². The van der Waals surface area contributed by atoms with Crippen molar-refractivity contribution < 1.29 is 29.3 Å². The van der Waals surface area contributed by atoms with Crippen LogP contribution in [-0.2, 0) is 26.2 Å². The molecule has 2 aromatic carbocycles. The number of carbonyl (C=O) groups excluding carboxylic acids is 2. The Morgan fingerprint density at radius 1 is 0.975 bits per heavy atom. The number of nitrogens with one attached hydrogen (secondary N) is 1. The molecule has 0 fully saturated rings. The van der Waals surface area contributed by atoms with Gasteiger partial charge in [0.2, 0.25) is 5.91 Å². The first-order valence-electron chi connectivity index (χ1n) is 14.0. The van der Waals surface area contributed by atoms with Crippen molar-refractivity contribution in [1.82, 2.24) is 5.32 Å². The molecule has 0 heterocycles. The van der Waals surface area contributed by atoms with Crippen LogP contribution < -0.4 is 15.8 Å². The number of carbonyl (C=O) groups is 3. The van der Waals surface area contributed by atoms with Crippen LogP contribution in [0.25, 0.3) is 0 Å². The Hall–Kier alpha value is -3.39. The van der Waals surface area contributed by atoms with Gasteiger partial charge >= 0.3 is 5.97 Å². The molecule has 0 saturated carbocycles. The molecule has 220 valence electrons. The van der Waals surface area contributed by atoms with Gasteiger partial charge in [-0.3, -0.25) is 9.59 Å². The van der Waals surface area contributed by atoms with E-state index >= 15 is 0 Å². The second-order valence-electron chi connectivity index (χ2n) is 11.7. The molecule has 0 spiro atoms. The number of aliphatic carboxylic acids is 1. The third-order valence-corrected chi connectivity index (χ3v) is 7.91. The second kappa shape index (κ2) is 13.8. The van der Waals surface area contributed by atoms with Crippen molar-refractivity contribution in [2.45, 2.75) is 98.1 Å². The third kappa shape index (κ3) is 8.31. The Morgan fingerprint density at radius 3 is 2.02 bits per heavy atom. The number of hydrogen-bond acceptors (Lipinski definition) is 5. The Balaban J connectivity index is 2.22. The molecular weight excluding hydrogens is 508 g/mol. The van der Waals surface area contributed by atoms with E-state index in [-0.39, 0.29) is 23.5 Å². The molecule has 0 saturated heterocycles. The Kier molecular flexibility index (Phi) is 11.3. The lowest BCUT2D eigenvalue weighted by molar-refractivity contribution is -0.143. The number of primary amides is 1. The van der Waals surface area contributed by atoms with Gasteiger partial charge in [0.15, 0.2) is 6.61 Å². The molecule has 0 radical (unpaired) electrons. The number of aryl methyl sites for hydroxylation is 3. The maximum atomic E-state index is 12.3. The van der Waals surface area contributed by atoms with Crippen molar-refractivity contribution in [2.75, 3.05) is 6.61 Å². The highest BCUT2D eigenvalue weighted by atomic mass is 16.5. The van der Waals surface area contributed by atoms with Crippen molar-refractivity contribution in [3.8, 4) is 5.75 Å². The Morgan fingerprint density at radius 2 is 1.55 bits per heavy atom. The average Bonchev–Trinajstić information content (AvgIpc) is 2.87. The van der Waals surface area contributed by atoms with Crippen LogP contribution in [0.1, 0.15) is 88.1 Å². The molecule has 0 aliphatic carbocycles. The lowest BCUT2D eigenvalue weighted by Crippen LogP contribution is -2.45. The van der Waals surface area contributed by atoms with Crippen molar-refractivity contribution >= 4 is 17.8 Å². The fourth-order valence-corrected chi connectivity index (χ4v) is 5.12. The summed E-state index contributed by atoms with van der Waals surface area (Å²) >= 11 is 0. The first-order chi connectivity index (χ1) is 18.6. The number of ether oxygens (including phenoxy) is 1. The zero-order chi connectivity index (χ0) is 30.3. The number of rotatable bonds is 14. The van der Waals surface area contributed by atoms with Gasteiger partial charge in [0.25, 0.3) is 5.91 Å². The maximum absolute atomic E-state index is 12.3. The molecule has 2 aromatic rings. The van der Waals surface area contributed by atoms with E-state index in [0.717, 1.165) is 36.8 Å². The molecule has 1 unspecified atom stereocenters. The first kappa shape index (κ1) is 32.8. The smallest absolute Gasteiger partial charge is 0.326 e. The molecule has 40 heavy (non-hydrogen) atoms. The minimum Gasteiger partial charge on any atom is -0.484 e. The predicted molar refractivity (Wildman–Crippen MR) is 156 cm³/mol.